The van der Waals surface area contributed by atoms with Gasteiger partial charge in [-0.3, -0.25) is 14.6 Å². The fraction of sp³-hybridized carbons (Fsp3) is 0.269. The Kier molecular flexibility index (Phi) is 8.87. The third kappa shape index (κ3) is 6.71. The first kappa shape index (κ1) is 25.1. The Hall–Kier alpha value is -3.58. The summed E-state index contributed by atoms with van der Waals surface area (Å²) < 4.78 is 10.6. The van der Waals surface area contributed by atoms with Gasteiger partial charge in [0.2, 0.25) is 11.8 Å². The summed E-state index contributed by atoms with van der Waals surface area (Å²) in [5.74, 6) is 0.667. The Balaban J connectivity index is 1.78. The van der Waals surface area contributed by atoms with Crippen molar-refractivity contribution in [1.82, 2.24) is 15.2 Å². The van der Waals surface area contributed by atoms with E-state index in [0.29, 0.717) is 16.5 Å². The lowest BCUT2D eigenvalue weighted by molar-refractivity contribution is -0.140. The molecule has 0 fully saturated rings. The van der Waals surface area contributed by atoms with Gasteiger partial charge in [-0.1, -0.05) is 35.9 Å². The topological polar surface area (TPSA) is 80.8 Å². The van der Waals surface area contributed by atoms with Gasteiger partial charge in [-0.15, -0.1) is 0 Å². The molecule has 0 saturated carbocycles. The number of amides is 2. The van der Waals surface area contributed by atoms with E-state index in [0.717, 1.165) is 16.8 Å². The maximum Gasteiger partial charge on any atom is 0.242 e. The molecule has 2 amide bonds. The molecule has 0 bridgehead atoms. The van der Waals surface area contributed by atoms with E-state index in [1.165, 1.54) is 0 Å². The minimum Gasteiger partial charge on any atom is -0.493 e. The summed E-state index contributed by atoms with van der Waals surface area (Å²) in [6.07, 6.45) is 1.77. The van der Waals surface area contributed by atoms with Crippen molar-refractivity contribution in [2.24, 2.45) is 0 Å². The van der Waals surface area contributed by atoms with E-state index >= 15 is 0 Å². The van der Waals surface area contributed by atoms with Gasteiger partial charge in [0.1, 0.15) is 6.04 Å². The quantitative estimate of drug-likeness (QED) is 0.473. The number of hydrogen-bond donors (Lipinski definition) is 1. The van der Waals surface area contributed by atoms with Gasteiger partial charge < -0.3 is 19.7 Å². The number of benzene rings is 2. The second-order valence-electron chi connectivity index (χ2n) is 7.73. The number of carbonyl (C=O) groups excluding carboxylic acids is 2. The average molecular weight is 482 g/mol. The Morgan fingerprint density at radius 3 is 2.35 bits per heavy atom. The van der Waals surface area contributed by atoms with Crippen molar-refractivity contribution in [1.29, 1.82) is 0 Å². The minimum atomic E-state index is -0.702. The fourth-order valence-corrected chi connectivity index (χ4v) is 3.59. The van der Waals surface area contributed by atoms with Crippen molar-refractivity contribution >= 4 is 23.4 Å². The van der Waals surface area contributed by atoms with Crippen LogP contribution in [0, 0.1) is 0 Å². The third-order valence-corrected chi connectivity index (χ3v) is 5.66. The van der Waals surface area contributed by atoms with E-state index in [1.807, 2.05) is 36.4 Å². The molecule has 3 aromatic rings. The molecule has 0 radical (unpaired) electrons. The van der Waals surface area contributed by atoms with Crippen LogP contribution in [0.4, 0.5) is 0 Å². The molecule has 34 heavy (non-hydrogen) atoms. The van der Waals surface area contributed by atoms with Crippen LogP contribution in [0.3, 0.4) is 0 Å². The molecular formula is C26H28ClN3O4. The summed E-state index contributed by atoms with van der Waals surface area (Å²) in [4.78, 5) is 32.1. The molecule has 1 heterocycles. The lowest BCUT2D eigenvalue weighted by Gasteiger charge is -2.29. The molecule has 1 aromatic heterocycles. The first-order valence-electron chi connectivity index (χ1n) is 10.8. The highest BCUT2D eigenvalue weighted by Crippen LogP contribution is 2.28. The summed E-state index contributed by atoms with van der Waals surface area (Å²) in [7, 11) is 3.10. The van der Waals surface area contributed by atoms with Crippen LogP contribution < -0.4 is 14.8 Å². The molecule has 0 spiro atoms. The summed E-state index contributed by atoms with van der Waals surface area (Å²) in [6, 6.07) is 17.4. The number of ether oxygens (including phenoxy) is 2. The molecule has 7 nitrogen and oxygen atoms in total. The highest BCUT2D eigenvalue weighted by Gasteiger charge is 2.26. The van der Waals surface area contributed by atoms with Crippen molar-refractivity contribution < 1.29 is 19.1 Å². The summed E-state index contributed by atoms with van der Waals surface area (Å²) in [5, 5.41) is 3.48. The van der Waals surface area contributed by atoms with Crippen molar-refractivity contribution in [3.63, 3.8) is 0 Å². The van der Waals surface area contributed by atoms with E-state index in [4.69, 9.17) is 21.1 Å². The van der Waals surface area contributed by atoms with Crippen LogP contribution >= 0.6 is 11.6 Å². The number of halogens is 1. The lowest BCUT2D eigenvalue weighted by Crippen LogP contribution is -2.48. The number of methoxy groups -OCH3 is 2. The average Bonchev–Trinajstić information content (AvgIpc) is 2.86. The molecule has 0 aliphatic carbocycles. The maximum atomic E-state index is 13.4. The second kappa shape index (κ2) is 12.0. The number of carbonyl (C=O) groups is 2. The SMILES string of the molecule is COc1ccc(CC(=O)N(Cc2ccc(Cl)cc2)C(C)C(=O)NCc2ccccn2)cc1OC. The number of pyridine rings is 1. The van der Waals surface area contributed by atoms with Crippen molar-refractivity contribution in [3.8, 4) is 11.5 Å². The van der Waals surface area contributed by atoms with Gasteiger partial charge in [0.15, 0.2) is 11.5 Å². The largest absolute Gasteiger partial charge is 0.493 e. The standard InChI is InChI=1S/C26H28ClN3O4/c1-18(26(32)29-16-22-6-4-5-13-28-22)30(17-19-7-10-21(27)11-8-19)25(31)15-20-9-12-23(33-2)24(14-20)34-3/h4-14,18H,15-17H2,1-3H3,(H,29,32). The number of nitrogens with one attached hydrogen (secondary N) is 1. The number of aromatic nitrogens is 1. The molecule has 0 aliphatic heterocycles. The van der Waals surface area contributed by atoms with Crippen LogP contribution in [0.1, 0.15) is 23.7 Å². The van der Waals surface area contributed by atoms with E-state index in [2.05, 4.69) is 10.3 Å². The fourth-order valence-electron chi connectivity index (χ4n) is 3.46. The zero-order chi connectivity index (χ0) is 24.5. The van der Waals surface area contributed by atoms with Gasteiger partial charge in [-0.05, 0) is 54.4 Å². The zero-order valence-electron chi connectivity index (χ0n) is 19.5. The molecule has 2 aromatic carbocycles. The van der Waals surface area contributed by atoms with E-state index in [9.17, 15) is 9.59 Å². The van der Waals surface area contributed by atoms with Gasteiger partial charge >= 0.3 is 0 Å². The molecule has 178 valence electrons. The van der Waals surface area contributed by atoms with E-state index in [1.54, 1.807) is 56.5 Å². The smallest absolute Gasteiger partial charge is 0.242 e. The third-order valence-electron chi connectivity index (χ3n) is 5.41. The Morgan fingerprint density at radius 1 is 1.00 bits per heavy atom. The van der Waals surface area contributed by atoms with E-state index < -0.39 is 6.04 Å². The van der Waals surface area contributed by atoms with Gasteiger partial charge in [-0.25, -0.2) is 0 Å². The van der Waals surface area contributed by atoms with Gasteiger partial charge in [0.05, 0.1) is 32.9 Å². The molecule has 1 atom stereocenters. The molecule has 1 unspecified atom stereocenters. The van der Waals surface area contributed by atoms with Gasteiger partial charge in [0, 0.05) is 17.8 Å². The van der Waals surface area contributed by atoms with Crippen molar-refractivity contribution in [2.75, 3.05) is 14.2 Å². The van der Waals surface area contributed by atoms with Crippen molar-refractivity contribution in [3.05, 3.63) is 88.7 Å². The van der Waals surface area contributed by atoms with Crippen LogP contribution in [0.15, 0.2) is 66.9 Å². The lowest BCUT2D eigenvalue weighted by atomic mass is 10.1. The zero-order valence-corrected chi connectivity index (χ0v) is 20.2. The van der Waals surface area contributed by atoms with E-state index in [-0.39, 0.29) is 31.3 Å². The predicted molar refractivity (Wildman–Crippen MR) is 131 cm³/mol. The highest BCUT2D eigenvalue weighted by atomic mass is 35.5. The van der Waals surface area contributed by atoms with Gasteiger partial charge in [0.25, 0.3) is 0 Å². The molecule has 1 N–H and O–H groups in total. The molecule has 0 aliphatic rings. The Bertz CT molecular complexity index is 1110. The molecule has 0 saturated heterocycles. The Labute approximate surface area is 204 Å². The van der Waals surface area contributed by atoms with Crippen molar-refractivity contribution in [2.45, 2.75) is 32.5 Å². The van der Waals surface area contributed by atoms with Gasteiger partial charge in [-0.2, -0.15) is 0 Å². The number of nitrogens with zero attached hydrogens (tertiary/aromatic N) is 2. The molecule has 8 heteroatoms. The summed E-state index contributed by atoms with van der Waals surface area (Å²) in [5.41, 5.74) is 2.36. The highest BCUT2D eigenvalue weighted by molar-refractivity contribution is 6.30. The minimum absolute atomic E-state index is 0.103. The van der Waals surface area contributed by atoms with Crippen LogP contribution in [-0.2, 0) is 29.1 Å². The maximum absolute atomic E-state index is 13.4. The van der Waals surface area contributed by atoms with Crippen LogP contribution in [-0.4, -0.2) is 42.0 Å². The summed E-state index contributed by atoms with van der Waals surface area (Å²) >= 11 is 6.01. The first-order chi connectivity index (χ1) is 16.4. The predicted octanol–water partition coefficient (Wildman–Crippen LogP) is 4.03. The monoisotopic (exact) mass is 481 g/mol. The molecular weight excluding hydrogens is 454 g/mol. The number of hydrogen-bond acceptors (Lipinski definition) is 5. The van der Waals surface area contributed by atoms with Crippen LogP contribution in [0.2, 0.25) is 5.02 Å². The van der Waals surface area contributed by atoms with Crippen LogP contribution in [0.25, 0.3) is 0 Å². The van der Waals surface area contributed by atoms with Crippen LogP contribution in [0.5, 0.6) is 11.5 Å². The first-order valence-corrected chi connectivity index (χ1v) is 11.2. The second-order valence-corrected chi connectivity index (χ2v) is 8.17. The Morgan fingerprint density at radius 2 is 1.71 bits per heavy atom. The summed E-state index contributed by atoms with van der Waals surface area (Å²) in [6.45, 7) is 2.26. The number of rotatable bonds is 10. The molecule has 3 rings (SSSR count). The normalized spacial score (nSPS) is 11.4.